The molecule has 6 nitrogen and oxygen atoms in total. The standard InChI is InChI=1S/C21H18F3N3O3S2.C4H8F2/c1-26-7-8-27(13-5-3-2-4-6-13)15-9-14(21(22,23)24)16(10-17(15)32-26)30-11-18-19(20(28)29)25-12-31-18;1-3-4(2,5)6/h2-6,9-10,12H,7-8,11H2,1H3,(H,28,29);3H2,1-2H3. The minimum atomic E-state index is -4.65. The van der Waals surface area contributed by atoms with Crippen molar-refractivity contribution in [2.24, 2.45) is 0 Å². The van der Waals surface area contributed by atoms with E-state index in [0.717, 1.165) is 30.0 Å². The van der Waals surface area contributed by atoms with E-state index in [4.69, 9.17) is 4.74 Å². The number of anilines is 2. The number of halogens is 5. The summed E-state index contributed by atoms with van der Waals surface area (Å²) in [5.41, 5.74) is 1.43. The van der Waals surface area contributed by atoms with Gasteiger partial charge >= 0.3 is 12.1 Å². The first kappa shape index (κ1) is 29.7. The Balaban J connectivity index is 0.000000599. The van der Waals surface area contributed by atoms with Crippen LogP contribution in [-0.4, -0.2) is 46.4 Å². The van der Waals surface area contributed by atoms with Gasteiger partial charge in [0.2, 0.25) is 5.92 Å². The van der Waals surface area contributed by atoms with Crippen molar-refractivity contribution in [3.63, 3.8) is 0 Å². The lowest BCUT2D eigenvalue weighted by Gasteiger charge is -2.26. The second kappa shape index (κ2) is 12.3. The monoisotopic (exact) mass is 575 g/mol. The van der Waals surface area contributed by atoms with Gasteiger partial charge in [0.25, 0.3) is 0 Å². The van der Waals surface area contributed by atoms with Gasteiger partial charge in [0, 0.05) is 25.2 Å². The van der Waals surface area contributed by atoms with Crippen LogP contribution in [0.5, 0.6) is 5.75 Å². The fraction of sp³-hybridized carbons (Fsp3) is 0.360. The molecule has 0 bridgehead atoms. The number of hydrogen-bond donors (Lipinski definition) is 1. The first-order valence-corrected chi connectivity index (χ1v) is 13.1. The van der Waals surface area contributed by atoms with Gasteiger partial charge in [0.15, 0.2) is 5.69 Å². The van der Waals surface area contributed by atoms with Gasteiger partial charge in [0.05, 0.1) is 26.5 Å². The largest absolute Gasteiger partial charge is 0.487 e. The summed E-state index contributed by atoms with van der Waals surface area (Å²) in [6.45, 7) is 3.19. The van der Waals surface area contributed by atoms with Crippen LogP contribution in [0.2, 0.25) is 0 Å². The molecule has 0 atom stereocenters. The maximum Gasteiger partial charge on any atom is 0.420 e. The summed E-state index contributed by atoms with van der Waals surface area (Å²) < 4.78 is 72.3. The van der Waals surface area contributed by atoms with Crippen LogP contribution in [-0.2, 0) is 12.8 Å². The number of likely N-dealkylation sites (N-methyl/N-ethyl adjacent to an activating group) is 1. The average molecular weight is 576 g/mol. The van der Waals surface area contributed by atoms with Crippen molar-refractivity contribution in [1.29, 1.82) is 0 Å². The molecule has 0 fully saturated rings. The van der Waals surface area contributed by atoms with E-state index in [1.54, 1.807) is 0 Å². The number of carboxylic acids is 1. The molecule has 0 aliphatic carbocycles. The second-order valence-corrected chi connectivity index (χ2v) is 10.6. The van der Waals surface area contributed by atoms with Crippen LogP contribution in [0.3, 0.4) is 0 Å². The molecule has 1 aromatic heterocycles. The van der Waals surface area contributed by atoms with Gasteiger partial charge in [-0.2, -0.15) is 13.2 Å². The summed E-state index contributed by atoms with van der Waals surface area (Å²) in [5, 5.41) is 9.19. The number of fused-ring (bicyclic) bond motifs is 1. The van der Waals surface area contributed by atoms with Crippen molar-refractivity contribution < 1.29 is 36.6 Å². The molecule has 13 heteroatoms. The van der Waals surface area contributed by atoms with E-state index in [9.17, 15) is 31.9 Å². The fourth-order valence-corrected chi connectivity index (χ4v) is 4.91. The Morgan fingerprint density at radius 3 is 2.37 bits per heavy atom. The van der Waals surface area contributed by atoms with Crippen LogP contribution in [0.1, 0.15) is 41.2 Å². The van der Waals surface area contributed by atoms with Crippen molar-refractivity contribution in [3.8, 4) is 5.75 Å². The Bertz CT molecular complexity index is 1230. The Morgan fingerprint density at radius 1 is 1.13 bits per heavy atom. The second-order valence-electron chi connectivity index (χ2n) is 8.39. The van der Waals surface area contributed by atoms with E-state index >= 15 is 0 Å². The number of aromatic nitrogens is 1. The van der Waals surface area contributed by atoms with Gasteiger partial charge in [0.1, 0.15) is 12.4 Å². The molecule has 1 aliphatic heterocycles. The Morgan fingerprint density at radius 2 is 1.79 bits per heavy atom. The van der Waals surface area contributed by atoms with Crippen LogP contribution in [0, 0.1) is 0 Å². The number of aromatic carboxylic acids is 1. The van der Waals surface area contributed by atoms with Crippen LogP contribution < -0.4 is 9.64 Å². The van der Waals surface area contributed by atoms with E-state index in [0.29, 0.717) is 23.7 Å². The number of alkyl halides is 5. The number of ether oxygens (including phenoxy) is 1. The highest BCUT2D eigenvalue weighted by atomic mass is 32.2. The Hall–Kier alpha value is -2.90. The zero-order valence-corrected chi connectivity index (χ0v) is 22.4. The average Bonchev–Trinajstić information content (AvgIpc) is 3.26. The topological polar surface area (TPSA) is 65.9 Å². The first-order chi connectivity index (χ1) is 17.8. The number of nitrogens with zero attached hydrogens (tertiary/aromatic N) is 3. The fourth-order valence-electron chi connectivity index (χ4n) is 3.32. The smallest absolute Gasteiger partial charge is 0.420 e. The lowest BCUT2D eigenvalue weighted by atomic mass is 10.1. The van der Waals surface area contributed by atoms with Crippen molar-refractivity contribution >= 4 is 40.6 Å². The predicted octanol–water partition coefficient (Wildman–Crippen LogP) is 7.58. The molecule has 0 radical (unpaired) electrons. The molecular formula is C25H26F5N3O3S2. The van der Waals surface area contributed by atoms with Crippen LogP contribution in [0.15, 0.2) is 52.9 Å². The summed E-state index contributed by atoms with van der Waals surface area (Å²) >= 11 is 2.36. The summed E-state index contributed by atoms with van der Waals surface area (Å²) in [4.78, 5) is 17.7. The van der Waals surface area contributed by atoms with Gasteiger partial charge in [-0.05, 0) is 50.2 Å². The molecule has 2 heterocycles. The highest BCUT2D eigenvalue weighted by Crippen LogP contribution is 2.46. The Kier molecular flexibility index (Phi) is 9.60. The van der Waals surface area contributed by atoms with Crippen LogP contribution >= 0.6 is 23.3 Å². The zero-order valence-electron chi connectivity index (χ0n) is 20.8. The third-order valence-electron chi connectivity index (χ3n) is 5.44. The highest BCUT2D eigenvalue weighted by molar-refractivity contribution is 7.97. The van der Waals surface area contributed by atoms with Crippen molar-refractivity contribution in [2.45, 2.75) is 43.9 Å². The highest BCUT2D eigenvalue weighted by Gasteiger charge is 2.37. The summed E-state index contributed by atoms with van der Waals surface area (Å²) in [5.74, 6) is -4.06. The van der Waals surface area contributed by atoms with Gasteiger partial charge in [-0.15, -0.1) is 11.3 Å². The van der Waals surface area contributed by atoms with E-state index in [1.165, 1.54) is 30.4 Å². The SMILES string of the molecule is CCC(C)(F)F.CN1CCN(c2ccccc2)c2cc(C(F)(F)F)c(OCc3scnc3C(=O)O)cc2S1. The maximum atomic E-state index is 14.0. The van der Waals surface area contributed by atoms with Crippen molar-refractivity contribution in [2.75, 3.05) is 25.0 Å². The molecule has 206 valence electrons. The first-order valence-electron chi connectivity index (χ1n) is 11.4. The van der Waals surface area contributed by atoms with E-state index in [1.807, 2.05) is 46.6 Å². The molecule has 1 N–H and O–H groups in total. The minimum Gasteiger partial charge on any atom is -0.487 e. The zero-order chi connectivity index (χ0) is 28.1. The Labute approximate surface area is 225 Å². The van der Waals surface area contributed by atoms with E-state index in [2.05, 4.69) is 4.98 Å². The number of carbonyl (C=O) groups is 1. The number of hydrogen-bond acceptors (Lipinski definition) is 7. The molecule has 38 heavy (non-hydrogen) atoms. The number of para-hydroxylation sites is 1. The lowest BCUT2D eigenvalue weighted by Crippen LogP contribution is -2.24. The molecule has 0 spiro atoms. The summed E-state index contributed by atoms with van der Waals surface area (Å²) in [6, 6.07) is 11.7. The normalized spacial score (nSPS) is 14.3. The van der Waals surface area contributed by atoms with E-state index < -0.39 is 23.6 Å². The number of carboxylic acid groups (broad SMARTS) is 1. The van der Waals surface area contributed by atoms with Crippen molar-refractivity contribution in [3.05, 3.63) is 64.1 Å². The van der Waals surface area contributed by atoms with Gasteiger partial charge < -0.3 is 14.7 Å². The van der Waals surface area contributed by atoms with Crippen LogP contribution in [0.25, 0.3) is 0 Å². The number of rotatable bonds is 6. The molecule has 2 aromatic carbocycles. The molecule has 0 saturated carbocycles. The molecular weight excluding hydrogens is 549 g/mol. The maximum absolute atomic E-state index is 14.0. The summed E-state index contributed by atoms with van der Waals surface area (Å²) in [6.07, 6.45) is -4.72. The molecule has 1 aliphatic rings. The molecule has 4 rings (SSSR count). The lowest BCUT2D eigenvalue weighted by molar-refractivity contribution is -0.139. The molecule has 0 saturated heterocycles. The van der Waals surface area contributed by atoms with Gasteiger partial charge in [-0.3, -0.25) is 0 Å². The van der Waals surface area contributed by atoms with Gasteiger partial charge in [-0.25, -0.2) is 22.9 Å². The van der Waals surface area contributed by atoms with Crippen LogP contribution in [0.4, 0.5) is 33.3 Å². The van der Waals surface area contributed by atoms with E-state index in [-0.39, 0.29) is 29.3 Å². The minimum absolute atomic E-state index is 0.0625. The molecule has 3 aromatic rings. The molecule has 0 unspecified atom stereocenters. The van der Waals surface area contributed by atoms with Crippen molar-refractivity contribution in [1.82, 2.24) is 9.29 Å². The molecule has 0 amide bonds. The number of thiazole rings is 1. The third-order valence-corrected chi connectivity index (χ3v) is 7.27. The quantitative estimate of drug-likeness (QED) is 0.240. The summed E-state index contributed by atoms with van der Waals surface area (Å²) in [7, 11) is 1.87. The van der Waals surface area contributed by atoms with Gasteiger partial charge in [-0.1, -0.05) is 25.1 Å². The third kappa shape index (κ3) is 7.81. The predicted molar refractivity (Wildman–Crippen MR) is 138 cm³/mol. The number of benzene rings is 2.